The zero-order chi connectivity index (χ0) is 11.6. The summed E-state index contributed by atoms with van der Waals surface area (Å²) in [5, 5.41) is 12.0. The van der Waals surface area contributed by atoms with E-state index in [0.29, 0.717) is 12.6 Å². The molecule has 1 saturated carbocycles. The van der Waals surface area contributed by atoms with Gasteiger partial charge in [0.15, 0.2) is 0 Å². The van der Waals surface area contributed by atoms with Crippen molar-refractivity contribution in [2.24, 2.45) is 0 Å². The van der Waals surface area contributed by atoms with Crippen molar-refractivity contribution >= 4 is 5.91 Å². The van der Waals surface area contributed by atoms with E-state index in [9.17, 15) is 4.79 Å². The van der Waals surface area contributed by atoms with Gasteiger partial charge in [-0.05, 0) is 19.8 Å². The van der Waals surface area contributed by atoms with Crippen LogP contribution in [0, 0.1) is 0 Å². The van der Waals surface area contributed by atoms with E-state index in [0.717, 1.165) is 25.9 Å². The monoisotopic (exact) mass is 228 g/mol. The Kier molecular flexibility index (Phi) is 3.47. The van der Waals surface area contributed by atoms with Gasteiger partial charge in [0, 0.05) is 25.7 Å². The number of carbonyl (C=O) groups is 1. The second-order valence-corrected chi connectivity index (χ2v) is 4.88. The largest absolute Gasteiger partial charge is 0.395 e. The van der Waals surface area contributed by atoms with Gasteiger partial charge in [0.05, 0.1) is 12.2 Å². The molecule has 1 heterocycles. The highest BCUT2D eigenvalue weighted by Crippen LogP contribution is 2.27. The molecule has 1 saturated heterocycles. The standard InChI is InChI=1S/C11H20N2O3/c1-11(7-12-8-11)16-6-10(15)13(4-5-14)9-2-3-9/h9,12,14H,2-8H2,1H3. The molecule has 1 aliphatic heterocycles. The molecular weight excluding hydrogens is 208 g/mol. The molecule has 0 bridgehead atoms. The molecule has 5 nitrogen and oxygen atoms in total. The Morgan fingerprint density at radius 1 is 1.56 bits per heavy atom. The molecule has 2 rings (SSSR count). The second kappa shape index (κ2) is 4.69. The highest BCUT2D eigenvalue weighted by molar-refractivity contribution is 5.78. The first kappa shape index (κ1) is 11.8. The lowest BCUT2D eigenvalue weighted by Crippen LogP contribution is -2.59. The Balaban J connectivity index is 1.76. The molecule has 2 fully saturated rings. The van der Waals surface area contributed by atoms with E-state index in [4.69, 9.17) is 9.84 Å². The molecule has 0 aromatic heterocycles. The van der Waals surface area contributed by atoms with Gasteiger partial charge in [-0.3, -0.25) is 4.79 Å². The molecule has 16 heavy (non-hydrogen) atoms. The Morgan fingerprint density at radius 3 is 2.69 bits per heavy atom. The van der Waals surface area contributed by atoms with Crippen LogP contribution in [-0.4, -0.2) is 60.4 Å². The van der Waals surface area contributed by atoms with E-state index in [-0.39, 0.29) is 24.7 Å². The van der Waals surface area contributed by atoms with Crippen molar-refractivity contribution in [1.29, 1.82) is 0 Å². The van der Waals surface area contributed by atoms with Crippen LogP contribution in [0.3, 0.4) is 0 Å². The molecule has 1 aliphatic carbocycles. The maximum Gasteiger partial charge on any atom is 0.248 e. The lowest BCUT2D eigenvalue weighted by atomic mass is 10.0. The molecule has 1 amide bonds. The Morgan fingerprint density at radius 2 is 2.25 bits per heavy atom. The lowest BCUT2D eigenvalue weighted by molar-refractivity contribution is -0.147. The number of hydrogen-bond acceptors (Lipinski definition) is 4. The first-order valence-electron chi connectivity index (χ1n) is 5.90. The third kappa shape index (κ3) is 2.72. The van der Waals surface area contributed by atoms with Crippen LogP contribution in [0.25, 0.3) is 0 Å². The number of aliphatic hydroxyl groups is 1. The van der Waals surface area contributed by atoms with Crippen LogP contribution in [0.5, 0.6) is 0 Å². The van der Waals surface area contributed by atoms with Crippen LogP contribution in [0.1, 0.15) is 19.8 Å². The average Bonchev–Trinajstić information content (AvgIpc) is 3.03. The topological polar surface area (TPSA) is 61.8 Å². The third-order valence-electron chi connectivity index (χ3n) is 3.19. The number of nitrogens with zero attached hydrogens (tertiary/aromatic N) is 1. The van der Waals surface area contributed by atoms with Gasteiger partial charge in [0.2, 0.25) is 5.91 Å². The minimum atomic E-state index is -0.176. The van der Waals surface area contributed by atoms with Crippen molar-refractivity contribution in [2.45, 2.75) is 31.4 Å². The summed E-state index contributed by atoms with van der Waals surface area (Å²) < 4.78 is 5.60. The molecule has 2 N–H and O–H groups in total. The van der Waals surface area contributed by atoms with Gasteiger partial charge < -0.3 is 20.1 Å². The van der Waals surface area contributed by atoms with Gasteiger partial charge in [-0.2, -0.15) is 0 Å². The predicted octanol–water partition coefficient (Wildman–Crippen LogP) is -0.652. The Hall–Kier alpha value is -0.650. The molecular formula is C11H20N2O3. The van der Waals surface area contributed by atoms with Gasteiger partial charge in [0.1, 0.15) is 6.61 Å². The van der Waals surface area contributed by atoms with Crippen LogP contribution < -0.4 is 5.32 Å². The molecule has 0 aromatic rings. The molecule has 0 unspecified atom stereocenters. The number of nitrogens with one attached hydrogen (secondary N) is 1. The first-order valence-corrected chi connectivity index (χ1v) is 5.90. The summed E-state index contributed by atoms with van der Waals surface area (Å²) in [6, 6.07) is 0.343. The second-order valence-electron chi connectivity index (χ2n) is 4.88. The smallest absolute Gasteiger partial charge is 0.248 e. The van der Waals surface area contributed by atoms with E-state index in [1.807, 2.05) is 6.92 Å². The minimum Gasteiger partial charge on any atom is -0.395 e. The molecule has 0 aromatic carbocycles. The van der Waals surface area contributed by atoms with E-state index in [1.165, 1.54) is 0 Å². The Bertz CT molecular complexity index is 262. The number of amides is 1. The molecule has 92 valence electrons. The van der Waals surface area contributed by atoms with Crippen molar-refractivity contribution in [1.82, 2.24) is 10.2 Å². The molecule has 0 atom stereocenters. The summed E-state index contributed by atoms with van der Waals surface area (Å²) in [7, 11) is 0. The van der Waals surface area contributed by atoms with Crippen molar-refractivity contribution in [3.63, 3.8) is 0 Å². The van der Waals surface area contributed by atoms with Crippen LogP contribution in [0.4, 0.5) is 0 Å². The maximum atomic E-state index is 11.9. The van der Waals surface area contributed by atoms with Gasteiger partial charge >= 0.3 is 0 Å². The van der Waals surface area contributed by atoms with E-state index in [1.54, 1.807) is 4.90 Å². The minimum absolute atomic E-state index is 0.00433. The molecule has 0 radical (unpaired) electrons. The summed E-state index contributed by atoms with van der Waals surface area (Å²) >= 11 is 0. The van der Waals surface area contributed by atoms with Gasteiger partial charge in [0.25, 0.3) is 0 Å². The summed E-state index contributed by atoms with van der Waals surface area (Å²) in [5.74, 6) is 0.00433. The maximum absolute atomic E-state index is 11.9. The third-order valence-corrected chi connectivity index (χ3v) is 3.19. The number of ether oxygens (including phenoxy) is 1. The van der Waals surface area contributed by atoms with Gasteiger partial charge in [-0.1, -0.05) is 0 Å². The zero-order valence-electron chi connectivity index (χ0n) is 9.74. The number of hydrogen-bond donors (Lipinski definition) is 2. The van der Waals surface area contributed by atoms with E-state index in [2.05, 4.69) is 5.32 Å². The number of aliphatic hydroxyl groups excluding tert-OH is 1. The first-order chi connectivity index (χ1) is 7.64. The highest BCUT2D eigenvalue weighted by atomic mass is 16.5. The van der Waals surface area contributed by atoms with Crippen molar-refractivity contribution in [3.05, 3.63) is 0 Å². The summed E-state index contributed by atoms with van der Waals surface area (Å²) in [5.41, 5.74) is -0.176. The molecule has 5 heteroatoms. The van der Waals surface area contributed by atoms with Gasteiger partial charge in [-0.15, -0.1) is 0 Å². The summed E-state index contributed by atoms with van der Waals surface area (Å²) in [6.07, 6.45) is 2.12. The van der Waals surface area contributed by atoms with Gasteiger partial charge in [-0.25, -0.2) is 0 Å². The van der Waals surface area contributed by atoms with Crippen LogP contribution in [-0.2, 0) is 9.53 Å². The van der Waals surface area contributed by atoms with E-state index < -0.39 is 0 Å². The zero-order valence-corrected chi connectivity index (χ0v) is 9.74. The normalized spacial score (nSPS) is 22.6. The fraction of sp³-hybridized carbons (Fsp3) is 0.909. The summed E-state index contributed by atoms with van der Waals surface area (Å²) in [6.45, 7) is 4.22. The quantitative estimate of drug-likeness (QED) is 0.634. The fourth-order valence-corrected chi connectivity index (χ4v) is 1.90. The van der Waals surface area contributed by atoms with Crippen LogP contribution >= 0.6 is 0 Å². The highest BCUT2D eigenvalue weighted by Gasteiger charge is 2.36. The lowest BCUT2D eigenvalue weighted by Gasteiger charge is -2.39. The predicted molar refractivity (Wildman–Crippen MR) is 59.0 cm³/mol. The Labute approximate surface area is 95.8 Å². The van der Waals surface area contributed by atoms with Crippen molar-refractivity contribution in [3.8, 4) is 0 Å². The average molecular weight is 228 g/mol. The number of carbonyl (C=O) groups excluding carboxylic acids is 1. The molecule has 0 spiro atoms. The SMILES string of the molecule is CC1(OCC(=O)N(CCO)C2CC2)CNC1. The van der Waals surface area contributed by atoms with Crippen molar-refractivity contribution < 1.29 is 14.6 Å². The van der Waals surface area contributed by atoms with E-state index >= 15 is 0 Å². The van der Waals surface area contributed by atoms with Crippen LogP contribution in [0.15, 0.2) is 0 Å². The van der Waals surface area contributed by atoms with Crippen LogP contribution in [0.2, 0.25) is 0 Å². The fourth-order valence-electron chi connectivity index (χ4n) is 1.90. The molecule has 2 aliphatic rings. The number of rotatable bonds is 6. The van der Waals surface area contributed by atoms with Crippen molar-refractivity contribution in [2.75, 3.05) is 32.8 Å². The summed E-state index contributed by atoms with van der Waals surface area (Å²) in [4.78, 5) is 13.6.